The van der Waals surface area contributed by atoms with Gasteiger partial charge in [-0.25, -0.2) is 0 Å². The van der Waals surface area contributed by atoms with Crippen LogP contribution in [0.3, 0.4) is 0 Å². The number of hydrogen-bond acceptors (Lipinski definition) is 4. The standard InChI is InChI=1S/C13H17N3O3/c1-9(15(2)13(17)11-7-14-8-11)10-4-3-5-12(6-10)16(18)19/h3-6,9,11,14H,7-8H2,1-2H3. The molecule has 1 saturated heterocycles. The molecule has 102 valence electrons. The van der Waals surface area contributed by atoms with Crippen molar-refractivity contribution in [2.24, 2.45) is 5.92 Å². The van der Waals surface area contributed by atoms with Crippen molar-refractivity contribution in [2.45, 2.75) is 13.0 Å². The molecule has 0 saturated carbocycles. The number of nitrogens with zero attached hydrogens (tertiary/aromatic N) is 2. The molecule has 1 aliphatic rings. The smallest absolute Gasteiger partial charge is 0.269 e. The summed E-state index contributed by atoms with van der Waals surface area (Å²) >= 11 is 0. The van der Waals surface area contributed by atoms with Gasteiger partial charge in [0.25, 0.3) is 5.69 Å². The Balaban J connectivity index is 2.13. The maximum absolute atomic E-state index is 12.1. The van der Waals surface area contributed by atoms with Gasteiger partial charge in [0.15, 0.2) is 0 Å². The van der Waals surface area contributed by atoms with E-state index in [0.29, 0.717) is 13.1 Å². The fourth-order valence-electron chi connectivity index (χ4n) is 2.06. The summed E-state index contributed by atoms with van der Waals surface area (Å²) in [6, 6.07) is 6.25. The lowest BCUT2D eigenvalue weighted by Crippen LogP contribution is -2.51. The van der Waals surface area contributed by atoms with Crippen LogP contribution in [0.25, 0.3) is 0 Å². The third-order valence-electron chi connectivity index (χ3n) is 3.62. The zero-order valence-electron chi connectivity index (χ0n) is 11.0. The Morgan fingerprint density at radius 1 is 1.53 bits per heavy atom. The molecule has 6 heteroatoms. The van der Waals surface area contributed by atoms with Crippen LogP contribution >= 0.6 is 0 Å². The van der Waals surface area contributed by atoms with Crippen molar-refractivity contribution in [1.82, 2.24) is 10.2 Å². The highest BCUT2D eigenvalue weighted by Gasteiger charge is 2.30. The average molecular weight is 263 g/mol. The molecular formula is C13H17N3O3. The van der Waals surface area contributed by atoms with Crippen LogP contribution in [0.2, 0.25) is 0 Å². The van der Waals surface area contributed by atoms with Gasteiger partial charge in [-0.05, 0) is 12.5 Å². The van der Waals surface area contributed by atoms with Crippen molar-refractivity contribution in [3.05, 3.63) is 39.9 Å². The molecule has 6 nitrogen and oxygen atoms in total. The molecule has 1 heterocycles. The van der Waals surface area contributed by atoms with Gasteiger partial charge in [-0.1, -0.05) is 12.1 Å². The zero-order chi connectivity index (χ0) is 14.0. The van der Waals surface area contributed by atoms with Crippen molar-refractivity contribution < 1.29 is 9.72 Å². The molecule has 0 aliphatic carbocycles. The molecule has 1 aromatic carbocycles. The molecule has 2 rings (SSSR count). The third-order valence-corrected chi connectivity index (χ3v) is 3.62. The summed E-state index contributed by atoms with van der Waals surface area (Å²) < 4.78 is 0. The largest absolute Gasteiger partial charge is 0.339 e. The third kappa shape index (κ3) is 2.73. The van der Waals surface area contributed by atoms with E-state index in [9.17, 15) is 14.9 Å². The van der Waals surface area contributed by atoms with E-state index in [1.165, 1.54) is 12.1 Å². The molecule has 1 fully saturated rings. The van der Waals surface area contributed by atoms with Gasteiger partial charge in [0, 0.05) is 32.3 Å². The van der Waals surface area contributed by atoms with E-state index >= 15 is 0 Å². The Morgan fingerprint density at radius 3 is 2.74 bits per heavy atom. The van der Waals surface area contributed by atoms with Gasteiger partial charge >= 0.3 is 0 Å². The van der Waals surface area contributed by atoms with Crippen LogP contribution in [0.4, 0.5) is 5.69 Å². The van der Waals surface area contributed by atoms with Gasteiger partial charge in [-0.15, -0.1) is 0 Å². The normalized spacial score (nSPS) is 16.5. The minimum atomic E-state index is -0.423. The molecule has 1 N–H and O–H groups in total. The summed E-state index contributed by atoms with van der Waals surface area (Å²) in [5, 5.41) is 13.8. The van der Waals surface area contributed by atoms with Gasteiger partial charge in [0.1, 0.15) is 0 Å². The first-order valence-corrected chi connectivity index (χ1v) is 6.22. The predicted octanol–water partition coefficient (Wildman–Crippen LogP) is 1.33. The van der Waals surface area contributed by atoms with Crippen LogP contribution in [0.1, 0.15) is 18.5 Å². The lowest BCUT2D eigenvalue weighted by molar-refractivity contribution is -0.384. The van der Waals surface area contributed by atoms with Crippen molar-refractivity contribution in [3.63, 3.8) is 0 Å². The number of carbonyl (C=O) groups is 1. The van der Waals surface area contributed by atoms with Crippen LogP contribution in [-0.2, 0) is 4.79 Å². The Kier molecular flexibility index (Phi) is 3.80. The number of nitro benzene ring substituents is 1. The van der Waals surface area contributed by atoms with E-state index in [1.807, 2.05) is 6.92 Å². The van der Waals surface area contributed by atoms with Gasteiger partial charge < -0.3 is 10.2 Å². The number of hydrogen-bond donors (Lipinski definition) is 1. The highest BCUT2D eigenvalue weighted by Crippen LogP contribution is 2.24. The number of carbonyl (C=O) groups excluding carboxylic acids is 1. The van der Waals surface area contributed by atoms with E-state index in [4.69, 9.17) is 0 Å². The lowest BCUT2D eigenvalue weighted by atomic mass is 9.99. The Labute approximate surface area is 111 Å². The summed E-state index contributed by atoms with van der Waals surface area (Å²) in [5.41, 5.74) is 0.827. The number of non-ortho nitro benzene ring substituents is 1. The number of nitrogens with one attached hydrogen (secondary N) is 1. The molecule has 0 aromatic heterocycles. The first kappa shape index (κ1) is 13.5. The summed E-state index contributed by atoms with van der Waals surface area (Å²) in [6.45, 7) is 3.30. The molecule has 1 aliphatic heterocycles. The van der Waals surface area contributed by atoms with Crippen molar-refractivity contribution in [1.29, 1.82) is 0 Å². The van der Waals surface area contributed by atoms with Gasteiger partial charge in [-0.2, -0.15) is 0 Å². The summed E-state index contributed by atoms with van der Waals surface area (Å²) in [5.74, 6) is 0.115. The van der Waals surface area contributed by atoms with Gasteiger partial charge in [0.2, 0.25) is 5.91 Å². The minimum Gasteiger partial charge on any atom is -0.339 e. The zero-order valence-corrected chi connectivity index (χ0v) is 11.0. The maximum atomic E-state index is 12.1. The van der Waals surface area contributed by atoms with Crippen LogP contribution in [0, 0.1) is 16.0 Å². The molecule has 19 heavy (non-hydrogen) atoms. The highest BCUT2D eigenvalue weighted by atomic mass is 16.6. The van der Waals surface area contributed by atoms with Crippen molar-refractivity contribution in [2.75, 3.05) is 20.1 Å². The molecule has 0 spiro atoms. The minimum absolute atomic E-state index is 0.0335. The van der Waals surface area contributed by atoms with Gasteiger partial charge in [0.05, 0.1) is 16.9 Å². The van der Waals surface area contributed by atoms with Crippen LogP contribution < -0.4 is 5.32 Å². The number of rotatable bonds is 4. The van der Waals surface area contributed by atoms with Gasteiger partial charge in [-0.3, -0.25) is 14.9 Å². The Morgan fingerprint density at radius 2 is 2.21 bits per heavy atom. The topological polar surface area (TPSA) is 75.5 Å². The molecule has 1 amide bonds. The molecule has 0 bridgehead atoms. The monoisotopic (exact) mass is 263 g/mol. The number of amides is 1. The van der Waals surface area contributed by atoms with E-state index in [0.717, 1.165) is 5.56 Å². The average Bonchev–Trinajstić information content (AvgIpc) is 2.35. The number of nitro groups is 1. The second-order valence-electron chi connectivity index (χ2n) is 4.83. The summed E-state index contributed by atoms with van der Waals surface area (Å²) in [7, 11) is 1.74. The number of benzene rings is 1. The lowest BCUT2D eigenvalue weighted by Gasteiger charge is -2.33. The van der Waals surface area contributed by atoms with Crippen LogP contribution in [0.15, 0.2) is 24.3 Å². The Bertz CT molecular complexity index is 500. The maximum Gasteiger partial charge on any atom is 0.269 e. The fraction of sp³-hybridized carbons (Fsp3) is 0.462. The predicted molar refractivity (Wildman–Crippen MR) is 70.6 cm³/mol. The SMILES string of the molecule is CC(c1cccc([N+](=O)[O-])c1)N(C)C(=O)C1CNC1. The van der Waals surface area contributed by atoms with Crippen LogP contribution in [-0.4, -0.2) is 35.9 Å². The molecule has 0 radical (unpaired) electrons. The fourth-order valence-corrected chi connectivity index (χ4v) is 2.06. The second kappa shape index (κ2) is 5.36. The van der Waals surface area contributed by atoms with E-state index in [2.05, 4.69) is 5.32 Å². The Hall–Kier alpha value is -1.95. The summed E-state index contributed by atoms with van der Waals surface area (Å²) in [4.78, 5) is 24.1. The highest BCUT2D eigenvalue weighted by molar-refractivity contribution is 5.80. The first-order chi connectivity index (χ1) is 9.00. The van der Waals surface area contributed by atoms with Crippen molar-refractivity contribution >= 4 is 11.6 Å². The first-order valence-electron chi connectivity index (χ1n) is 6.22. The van der Waals surface area contributed by atoms with E-state index < -0.39 is 4.92 Å². The summed E-state index contributed by atoms with van der Waals surface area (Å²) in [6.07, 6.45) is 0. The van der Waals surface area contributed by atoms with Crippen molar-refractivity contribution in [3.8, 4) is 0 Å². The van der Waals surface area contributed by atoms with Crippen LogP contribution in [0.5, 0.6) is 0 Å². The molecular weight excluding hydrogens is 246 g/mol. The molecule has 1 unspecified atom stereocenters. The molecule has 1 aromatic rings. The van der Waals surface area contributed by atoms with E-state index in [1.54, 1.807) is 24.1 Å². The van der Waals surface area contributed by atoms with E-state index in [-0.39, 0.29) is 23.6 Å². The quantitative estimate of drug-likeness (QED) is 0.657. The molecule has 1 atom stereocenters. The second-order valence-corrected chi connectivity index (χ2v) is 4.83.